The molecule has 0 aliphatic rings. The fourth-order valence-electron chi connectivity index (χ4n) is 5.62. The van der Waals surface area contributed by atoms with Gasteiger partial charge in [-0.2, -0.15) is 16.8 Å². The third-order valence-electron chi connectivity index (χ3n) is 8.59. The summed E-state index contributed by atoms with van der Waals surface area (Å²) in [7, 11) is -23.2. The Morgan fingerprint density at radius 2 is 1.44 bits per heavy atom. The number of methoxy groups -OCH3 is 1. The second-order valence-corrected chi connectivity index (χ2v) is 20.8. The molecule has 0 unspecified atom stereocenters. The van der Waals surface area contributed by atoms with Crippen molar-refractivity contribution in [1.82, 2.24) is 4.98 Å². The van der Waals surface area contributed by atoms with Gasteiger partial charge in [-0.1, -0.05) is 4.98 Å². The van der Waals surface area contributed by atoms with Crippen LogP contribution in [-0.4, -0.2) is 102 Å². The molecule has 0 bridgehead atoms. The number of aromatic nitrogens is 2. The van der Waals surface area contributed by atoms with E-state index in [0.717, 1.165) is 62.2 Å². The van der Waals surface area contributed by atoms with E-state index in [1.807, 2.05) is 0 Å². The summed E-state index contributed by atoms with van der Waals surface area (Å²) in [5.41, 5.74) is 3.42. The normalized spacial score (nSPS) is 13.0. The summed E-state index contributed by atoms with van der Waals surface area (Å²) in [4.78, 5) is 11.9. The highest BCUT2D eigenvalue weighted by Gasteiger charge is 2.27. The topological polar surface area (TPSA) is 402 Å². The Morgan fingerprint density at radius 3 is 2.06 bits per heavy atom. The lowest BCUT2D eigenvalue weighted by molar-refractivity contribution is -0.695. The van der Waals surface area contributed by atoms with E-state index >= 15 is 0 Å². The number of phenols is 1. The molecule has 30 heteroatoms. The number of benzene rings is 4. The number of hydrogen-bond donors (Lipinski definition) is 5. The van der Waals surface area contributed by atoms with Crippen LogP contribution in [0.2, 0.25) is 0 Å². The number of ether oxygens (including phenoxy) is 1. The number of anilines is 1. The molecule has 5 aromatic rings. The molecule has 0 atom stereocenters. The Kier molecular flexibility index (Phi) is 13.6. The average Bonchev–Trinajstić information content (AvgIpc) is 3.17. The molecule has 0 aliphatic carbocycles. The third kappa shape index (κ3) is 11.3. The largest absolute Gasteiger partial charge is 0.726 e. The first-order valence-corrected chi connectivity index (χ1v) is 24.5. The van der Waals surface area contributed by atoms with Gasteiger partial charge in [0.25, 0.3) is 26.6 Å². The molecule has 0 fully saturated rings. The average molecular weight is 974 g/mol. The Labute approximate surface area is 357 Å². The Bertz CT molecular complexity index is 3330. The minimum atomic E-state index is -5.31. The maximum Gasteiger partial charge on any atom is 0.343 e. The Balaban J connectivity index is 1.54. The van der Waals surface area contributed by atoms with Crippen LogP contribution in [0.1, 0.15) is 15.9 Å². The number of carbonyl (C=O) groups is 1. The van der Waals surface area contributed by atoms with Crippen molar-refractivity contribution in [2.45, 2.75) is 33.1 Å². The van der Waals surface area contributed by atoms with Gasteiger partial charge in [-0.05, 0) is 55.0 Å². The molecule has 0 spiro atoms. The van der Waals surface area contributed by atoms with Crippen LogP contribution >= 0.6 is 0 Å². The number of rotatable bonds is 17. The maximum absolute atomic E-state index is 13.2. The van der Waals surface area contributed by atoms with Crippen LogP contribution in [0, 0.1) is 6.92 Å². The van der Waals surface area contributed by atoms with Gasteiger partial charge in [0.15, 0.2) is 31.6 Å². The molecule has 63 heavy (non-hydrogen) atoms. The predicted octanol–water partition coefficient (Wildman–Crippen LogP) is 2.87. The number of nitrogens with zero attached hydrogens (tertiary/aromatic N) is 6. The number of fused-ring (bicyclic) bond motifs is 1. The van der Waals surface area contributed by atoms with E-state index in [4.69, 9.17) is 15.6 Å². The van der Waals surface area contributed by atoms with Crippen molar-refractivity contribution in [2.75, 3.05) is 31.0 Å². The smallest absolute Gasteiger partial charge is 0.343 e. The first kappa shape index (κ1) is 47.9. The van der Waals surface area contributed by atoms with Gasteiger partial charge in [-0.15, -0.1) is 20.5 Å². The number of aromatic carboxylic acids is 1. The molecule has 336 valence electrons. The zero-order valence-corrected chi connectivity index (χ0v) is 36.1. The van der Waals surface area contributed by atoms with Gasteiger partial charge in [0.2, 0.25) is 10.4 Å². The molecule has 1 heterocycles. The monoisotopic (exact) mass is 973 g/mol. The summed E-state index contributed by atoms with van der Waals surface area (Å²) < 4.78 is 165. The van der Waals surface area contributed by atoms with Gasteiger partial charge >= 0.3 is 5.97 Å². The zero-order valence-electron chi connectivity index (χ0n) is 32.0. The Morgan fingerprint density at radius 1 is 0.794 bits per heavy atom. The summed E-state index contributed by atoms with van der Waals surface area (Å²) in [6.45, 7) is -0.00407. The highest BCUT2D eigenvalue weighted by molar-refractivity contribution is 7.92. The molecule has 5 rings (SSSR count). The number of carboxylic acid groups (broad SMARTS) is 1. The van der Waals surface area contributed by atoms with Gasteiger partial charge in [0, 0.05) is 16.8 Å². The van der Waals surface area contributed by atoms with E-state index in [2.05, 4.69) is 29.6 Å². The molecular formula is C33H31N7O18S5. The van der Waals surface area contributed by atoms with Crippen LogP contribution in [0.5, 0.6) is 11.5 Å². The van der Waals surface area contributed by atoms with Crippen molar-refractivity contribution >= 4 is 95.5 Å². The molecule has 0 saturated carbocycles. The van der Waals surface area contributed by atoms with Crippen LogP contribution in [0.3, 0.4) is 0 Å². The summed E-state index contributed by atoms with van der Waals surface area (Å²) in [6.07, 6.45) is 3.32. The van der Waals surface area contributed by atoms with Gasteiger partial charge in [-0.3, -0.25) is 13.3 Å². The number of nitrogens with two attached hydrogens (primary N) is 1. The highest BCUT2D eigenvalue weighted by atomic mass is 32.3. The molecule has 0 radical (unpaired) electrons. The molecule has 0 saturated heterocycles. The summed E-state index contributed by atoms with van der Waals surface area (Å²) in [5.74, 6) is -4.15. The quantitative estimate of drug-likeness (QED) is 0.0294. The standard InChI is InChI=1S/C33H31N7O18S5/c1-18-11-25(26(57-2)14-27(18)60(46,47)10-8-58-63(54,55)56)37-39-31-29(62(51,52)53)13-22-21(32(31)41)4-5-23(34)30(22)38-36-24-6-3-20(12-28(24)61(48,49)50)59(44,45)9-7-40-16-19(33(42)43)15-35-17-40/h3-6,11-17H,7-10H2,1-2H3,(H6-,34,36,37,41,42,43,48,49,50,51,52,53,54,55,56). The van der Waals surface area contributed by atoms with Crippen molar-refractivity contribution in [2.24, 2.45) is 20.5 Å². The van der Waals surface area contributed by atoms with Crippen LogP contribution in [0.15, 0.2) is 107 Å². The number of azo groups is 2. The van der Waals surface area contributed by atoms with Crippen LogP contribution in [-0.2, 0) is 61.0 Å². The van der Waals surface area contributed by atoms with Gasteiger partial charge < -0.3 is 25.2 Å². The zero-order chi connectivity index (χ0) is 46.9. The van der Waals surface area contributed by atoms with E-state index < -0.39 is 117 Å². The van der Waals surface area contributed by atoms with Crippen molar-refractivity contribution in [3.05, 3.63) is 78.4 Å². The first-order chi connectivity index (χ1) is 29.1. The molecule has 25 nitrogen and oxygen atoms in total. The van der Waals surface area contributed by atoms with E-state index in [1.54, 1.807) is 0 Å². The second kappa shape index (κ2) is 17.9. The number of sulfone groups is 2. The van der Waals surface area contributed by atoms with Gasteiger partial charge in [-0.25, -0.2) is 34.6 Å². The highest BCUT2D eigenvalue weighted by Crippen LogP contribution is 2.46. The summed E-state index contributed by atoms with van der Waals surface area (Å²) >= 11 is 0. The number of phenolic OH excluding ortho intramolecular Hbond substituents is 1. The van der Waals surface area contributed by atoms with Crippen molar-refractivity contribution in [3.8, 4) is 11.5 Å². The van der Waals surface area contributed by atoms with Crippen LogP contribution < -0.4 is 15.0 Å². The predicted molar refractivity (Wildman–Crippen MR) is 213 cm³/mol. The van der Waals surface area contributed by atoms with E-state index in [1.165, 1.54) is 17.6 Å². The van der Waals surface area contributed by atoms with Crippen LogP contribution in [0.4, 0.5) is 28.4 Å². The number of aromatic hydroxyl groups is 1. The van der Waals surface area contributed by atoms with Crippen LogP contribution in [0.25, 0.3) is 10.8 Å². The maximum atomic E-state index is 13.2. The number of aryl methyl sites for hydroxylation is 2. The summed E-state index contributed by atoms with van der Waals surface area (Å²) in [5, 5.41) is 35.3. The summed E-state index contributed by atoms with van der Waals surface area (Å²) in [6, 6.07) is 7.57. The Hall–Kier alpha value is -6.12. The lowest BCUT2D eigenvalue weighted by Crippen LogP contribution is -2.38. The molecular weight excluding hydrogens is 943 g/mol. The molecule has 4 aromatic carbocycles. The number of carboxylic acids is 1. The molecule has 0 amide bonds. The minimum absolute atomic E-state index is 0.0103. The fraction of sp³-hybridized carbons (Fsp3) is 0.182. The minimum Gasteiger partial charge on any atom is -0.726 e. The van der Waals surface area contributed by atoms with Crippen molar-refractivity contribution in [3.63, 3.8) is 0 Å². The van der Waals surface area contributed by atoms with Gasteiger partial charge in [0.05, 0.1) is 40.7 Å². The molecule has 1 aromatic heterocycles. The molecule has 0 aliphatic heterocycles. The van der Waals surface area contributed by atoms with Crippen molar-refractivity contribution < 1.29 is 84.2 Å². The van der Waals surface area contributed by atoms with E-state index in [-0.39, 0.29) is 45.6 Å². The second-order valence-electron chi connectivity index (χ2n) is 12.8. The van der Waals surface area contributed by atoms with Crippen molar-refractivity contribution in [1.29, 1.82) is 0 Å². The molecule has 6 N–H and O–H groups in total. The lowest BCUT2D eigenvalue weighted by atomic mass is 10.1. The SMILES string of the molecule is COc1cc(S(=O)(=O)CCOS(=O)(=O)[O-])c(C)cc1N=Nc1c(S(=O)(=O)O)cc2c(N=Nc3ccc(S(=O)(=O)CC[n+]4cncc(C(=O)O)c4)cc3S(=O)(=O)O)c(N)ccc2c1O. The third-order valence-corrected chi connectivity index (χ3v) is 14.3. The van der Waals surface area contributed by atoms with E-state index in [9.17, 15) is 65.6 Å². The lowest BCUT2D eigenvalue weighted by Gasteiger charge is -2.13. The van der Waals surface area contributed by atoms with Gasteiger partial charge in [0.1, 0.15) is 56.6 Å². The fourth-order valence-corrected chi connectivity index (χ4v) is 10.0. The number of nitrogen functional groups attached to an aromatic ring is 1. The number of hydrogen-bond acceptors (Lipinski definition) is 21. The van der Waals surface area contributed by atoms with E-state index in [0.29, 0.717) is 6.07 Å². The first-order valence-electron chi connectivity index (χ1n) is 17.0.